The molecule has 0 radical (unpaired) electrons. The molecule has 0 aliphatic heterocycles. The topological polar surface area (TPSA) is 64.2 Å². The molecule has 2 aromatic rings. The van der Waals surface area contributed by atoms with Gasteiger partial charge in [0, 0.05) is 11.3 Å². The van der Waals surface area contributed by atoms with E-state index in [1.54, 1.807) is 0 Å². The van der Waals surface area contributed by atoms with Crippen LogP contribution in [0, 0.1) is 0 Å². The van der Waals surface area contributed by atoms with Crippen LogP contribution in [0.3, 0.4) is 0 Å². The minimum Gasteiger partial charge on any atom is -0.760 e. The molecule has 3 rings (SSSR count). The molecule has 3 atom stereocenters. The molecule has 1 aliphatic carbocycles. The van der Waals surface area contributed by atoms with E-state index in [2.05, 4.69) is 28.3 Å². The van der Waals surface area contributed by atoms with Crippen LogP contribution in [0.1, 0.15) is 48.9 Å². The molecular weight excluding hydrogens is 368 g/mol. The van der Waals surface area contributed by atoms with E-state index in [4.69, 9.17) is 0 Å². The van der Waals surface area contributed by atoms with Gasteiger partial charge >= 0.3 is 0 Å². The van der Waals surface area contributed by atoms with Gasteiger partial charge in [-0.1, -0.05) is 84.5 Å². The lowest BCUT2D eigenvalue weighted by Crippen LogP contribution is -2.36. The smallest absolute Gasteiger partial charge is 0.0629 e. The van der Waals surface area contributed by atoms with Gasteiger partial charge in [-0.05, 0) is 43.4 Å². The van der Waals surface area contributed by atoms with Gasteiger partial charge in [0.15, 0.2) is 0 Å². The third-order valence-electron chi connectivity index (χ3n) is 5.00. The van der Waals surface area contributed by atoms with Crippen molar-refractivity contribution >= 4 is 11.3 Å². The van der Waals surface area contributed by atoms with Crippen LogP contribution in [0.15, 0.2) is 84.5 Å². The predicted octanol–water partition coefficient (Wildman–Crippen LogP) is 4.50. The molecule has 1 aliphatic rings. The summed E-state index contributed by atoms with van der Waals surface area (Å²) in [4.78, 5) is 0. The molecule has 0 aromatic heterocycles. The molecule has 0 saturated heterocycles. The third kappa shape index (κ3) is 6.24. The number of allylic oxidation sites excluding steroid dienone is 4. The van der Waals surface area contributed by atoms with Crippen molar-refractivity contribution in [2.45, 2.75) is 37.8 Å². The van der Waals surface area contributed by atoms with E-state index in [0.717, 1.165) is 43.4 Å². The van der Waals surface area contributed by atoms with Crippen molar-refractivity contribution in [2.75, 3.05) is 6.54 Å². The summed E-state index contributed by atoms with van der Waals surface area (Å²) >= 11 is -2.36. The molecule has 28 heavy (non-hydrogen) atoms. The van der Waals surface area contributed by atoms with E-state index >= 15 is 0 Å². The quantitative estimate of drug-likeness (QED) is 0.354. The Kier molecular flexibility index (Phi) is 8.18. The van der Waals surface area contributed by atoms with Gasteiger partial charge in [0.25, 0.3) is 0 Å². The standard InChI is InChI=1S/C23H28N2O2S/c26-28(27)25-23(21-16-8-3-9-17-21)22(20-14-6-2-7-15-20)24-18-10-13-19-11-4-1-5-12-19/h1-4,6-9,12,14-17,22-25H,5,10-11,13,18H2,(H,26,27)/p-1/t22-,23?/m1/s1. The van der Waals surface area contributed by atoms with Crippen molar-refractivity contribution in [3.05, 3.63) is 95.6 Å². The summed E-state index contributed by atoms with van der Waals surface area (Å²) in [6, 6.07) is 19.2. The van der Waals surface area contributed by atoms with Crippen molar-refractivity contribution < 1.29 is 8.76 Å². The Balaban J connectivity index is 1.73. The Morgan fingerprint density at radius 3 is 2.14 bits per heavy atom. The van der Waals surface area contributed by atoms with Crippen molar-refractivity contribution in [3.8, 4) is 0 Å². The second kappa shape index (κ2) is 11.1. The van der Waals surface area contributed by atoms with Crippen LogP contribution in [0.4, 0.5) is 0 Å². The first kappa shape index (κ1) is 20.7. The van der Waals surface area contributed by atoms with Crippen LogP contribution >= 0.6 is 0 Å². The first-order valence-corrected chi connectivity index (χ1v) is 10.8. The van der Waals surface area contributed by atoms with Gasteiger partial charge in [-0.2, -0.15) is 0 Å². The Morgan fingerprint density at radius 1 is 0.929 bits per heavy atom. The molecule has 5 heteroatoms. The summed E-state index contributed by atoms with van der Waals surface area (Å²) in [5.74, 6) is 0. The lowest BCUT2D eigenvalue weighted by Gasteiger charge is -2.31. The SMILES string of the molecule is O=S([O-])NC(c1ccccc1)[C@H](NCCCC1=CCC=CC1)c1ccccc1. The molecule has 2 N–H and O–H groups in total. The van der Waals surface area contributed by atoms with Gasteiger partial charge in [0.2, 0.25) is 0 Å². The van der Waals surface area contributed by atoms with E-state index in [9.17, 15) is 8.76 Å². The van der Waals surface area contributed by atoms with Crippen molar-refractivity contribution in [3.63, 3.8) is 0 Å². The van der Waals surface area contributed by atoms with E-state index < -0.39 is 11.3 Å². The monoisotopic (exact) mass is 395 g/mol. The van der Waals surface area contributed by atoms with Crippen molar-refractivity contribution in [1.29, 1.82) is 0 Å². The maximum Gasteiger partial charge on any atom is 0.0629 e. The zero-order valence-corrected chi connectivity index (χ0v) is 16.7. The van der Waals surface area contributed by atoms with E-state index in [1.165, 1.54) is 5.57 Å². The highest BCUT2D eigenvalue weighted by Crippen LogP contribution is 2.29. The third-order valence-corrected chi connectivity index (χ3v) is 5.45. The van der Waals surface area contributed by atoms with Gasteiger partial charge in [0.05, 0.1) is 12.1 Å². The Morgan fingerprint density at radius 2 is 1.57 bits per heavy atom. The highest BCUT2D eigenvalue weighted by atomic mass is 32.2. The number of hydrogen-bond donors (Lipinski definition) is 2. The molecule has 0 spiro atoms. The molecule has 4 nitrogen and oxygen atoms in total. The molecule has 2 unspecified atom stereocenters. The Labute approximate surface area is 170 Å². The summed E-state index contributed by atoms with van der Waals surface area (Å²) in [5.41, 5.74) is 3.49. The predicted molar refractivity (Wildman–Crippen MR) is 114 cm³/mol. The summed E-state index contributed by atoms with van der Waals surface area (Å²) in [6.45, 7) is 0.817. The fraction of sp³-hybridized carbons (Fsp3) is 0.304. The second-order valence-corrected chi connectivity index (χ2v) is 7.67. The largest absolute Gasteiger partial charge is 0.760 e. The molecule has 0 amide bonds. The maximum atomic E-state index is 11.5. The average Bonchev–Trinajstić information content (AvgIpc) is 2.74. The lowest BCUT2D eigenvalue weighted by atomic mass is 9.93. The fourth-order valence-corrected chi connectivity index (χ4v) is 4.09. The van der Waals surface area contributed by atoms with Crippen LogP contribution in [0.25, 0.3) is 0 Å². The first-order chi connectivity index (χ1) is 13.7. The molecule has 0 heterocycles. The zero-order chi connectivity index (χ0) is 19.6. The molecule has 2 aromatic carbocycles. The minimum atomic E-state index is -2.36. The second-order valence-electron chi connectivity index (χ2n) is 6.96. The summed E-state index contributed by atoms with van der Waals surface area (Å²) in [6.07, 6.45) is 10.9. The van der Waals surface area contributed by atoms with Gasteiger partial charge in [0.1, 0.15) is 0 Å². The molecule has 0 saturated carbocycles. The van der Waals surface area contributed by atoms with Crippen LogP contribution in [0.5, 0.6) is 0 Å². The summed E-state index contributed by atoms with van der Waals surface area (Å²) < 4.78 is 25.7. The molecular formula is C23H27N2O2S-. The highest BCUT2D eigenvalue weighted by Gasteiger charge is 2.24. The number of hydrogen-bond acceptors (Lipinski definition) is 3. The summed E-state index contributed by atoms with van der Waals surface area (Å²) in [5, 5.41) is 3.60. The maximum absolute atomic E-state index is 11.5. The van der Waals surface area contributed by atoms with Crippen molar-refractivity contribution in [1.82, 2.24) is 10.0 Å². The van der Waals surface area contributed by atoms with Crippen LogP contribution in [0.2, 0.25) is 0 Å². The summed E-state index contributed by atoms with van der Waals surface area (Å²) in [7, 11) is 0. The number of nitrogens with one attached hydrogen (secondary N) is 2. The minimum absolute atomic E-state index is 0.151. The number of benzene rings is 2. The van der Waals surface area contributed by atoms with Gasteiger partial charge < -0.3 is 9.87 Å². The van der Waals surface area contributed by atoms with E-state index in [-0.39, 0.29) is 12.1 Å². The van der Waals surface area contributed by atoms with Crippen molar-refractivity contribution in [2.24, 2.45) is 0 Å². The molecule has 148 valence electrons. The normalized spacial score (nSPS) is 17.0. The van der Waals surface area contributed by atoms with Crippen LogP contribution in [-0.4, -0.2) is 15.3 Å². The molecule has 0 bridgehead atoms. The lowest BCUT2D eigenvalue weighted by molar-refractivity contribution is 0.412. The first-order valence-electron chi connectivity index (χ1n) is 9.75. The average molecular weight is 396 g/mol. The number of rotatable bonds is 10. The van der Waals surface area contributed by atoms with Crippen LogP contribution in [-0.2, 0) is 11.3 Å². The Hall–Kier alpha value is -2.05. The van der Waals surface area contributed by atoms with Crippen LogP contribution < -0.4 is 10.0 Å². The van der Waals surface area contributed by atoms with E-state index in [1.807, 2.05) is 60.7 Å². The van der Waals surface area contributed by atoms with Gasteiger partial charge in [-0.25, -0.2) is 4.72 Å². The Bertz CT molecular complexity index is 806. The van der Waals surface area contributed by atoms with Gasteiger partial charge in [-0.3, -0.25) is 4.21 Å². The van der Waals surface area contributed by atoms with Gasteiger partial charge in [-0.15, -0.1) is 0 Å². The fourth-order valence-electron chi connectivity index (χ4n) is 3.61. The zero-order valence-electron chi connectivity index (χ0n) is 15.9. The van der Waals surface area contributed by atoms with E-state index in [0.29, 0.717) is 0 Å². The highest BCUT2D eigenvalue weighted by molar-refractivity contribution is 7.77. The molecule has 0 fully saturated rings.